The van der Waals surface area contributed by atoms with E-state index in [-0.39, 0.29) is 12.4 Å². The second kappa shape index (κ2) is 5.14. The lowest BCUT2D eigenvalue weighted by molar-refractivity contribution is 0.374. The van der Waals surface area contributed by atoms with Crippen LogP contribution in [0.5, 0.6) is 0 Å². The topological polar surface area (TPSA) is 88.3 Å². The van der Waals surface area contributed by atoms with E-state index >= 15 is 0 Å². The van der Waals surface area contributed by atoms with Crippen molar-refractivity contribution in [2.45, 2.75) is 6.54 Å². The Bertz CT molecular complexity index is 604. The van der Waals surface area contributed by atoms with Gasteiger partial charge in [-0.1, -0.05) is 11.2 Å². The van der Waals surface area contributed by atoms with Gasteiger partial charge in [0.05, 0.1) is 11.4 Å². The lowest BCUT2D eigenvalue weighted by Crippen LogP contribution is -2.35. The van der Waals surface area contributed by atoms with Crippen molar-refractivity contribution < 1.29 is 12.9 Å². The summed E-state index contributed by atoms with van der Waals surface area (Å²) in [5.74, 6) is 0.688. The summed E-state index contributed by atoms with van der Waals surface area (Å²) in [4.78, 5) is 4.98. The largest absolute Gasteiger partial charge is 0.337 e. The van der Waals surface area contributed by atoms with Crippen LogP contribution in [-0.4, -0.2) is 37.0 Å². The van der Waals surface area contributed by atoms with Gasteiger partial charge >= 0.3 is 0 Å². The van der Waals surface area contributed by atoms with Crippen LogP contribution in [0.4, 0.5) is 0 Å². The molecule has 0 aromatic carbocycles. The van der Waals surface area contributed by atoms with Crippen LogP contribution in [-0.2, 0) is 16.8 Å². The SMILES string of the molecule is CN(C)S(=O)(=O)NCc1nc(-c2cccs2)no1. The zero-order valence-electron chi connectivity index (χ0n) is 9.82. The fourth-order valence-electron chi connectivity index (χ4n) is 1.11. The van der Waals surface area contributed by atoms with Gasteiger partial charge in [-0.25, -0.2) is 0 Å². The summed E-state index contributed by atoms with van der Waals surface area (Å²) in [5.41, 5.74) is 0. The first kappa shape index (κ1) is 13.1. The van der Waals surface area contributed by atoms with Gasteiger partial charge in [0.15, 0.2) is 0 Å². The number of hydrogen-bond acceptors (Lipinski definition) is 6. The molecule has 98 valence electrons. The molecule has 0 aliphatic heterocycles. The molecule has 7 nitrogen and oxygen atoms in total. The molecule has 2 aromatic heterocycles. The Morgan fingerprint density at radius 3 is 2.89 bits per heavy atom. The van der Waals surface area contributed by atoms with Crippen molar-refractivity contribution in [3.8, 4) is 10.7 Å². The molecule has 0 radical (unpaired) electrons. The summed E-state index contributed by atoms with van der Waals surface area (Å²) in [7, 11) is -0.607. The predicted octanol–water partition coefficient (Wildman–Crippen LogP) is 0.694. The third-order valence-electron chi connectivity index (χ3n) is 2.10. The number of thiophene rings is 1. The molecule has 9 heteroatoms. The lowest BCUT2D eigenvalue weighted by Gasteiger charge is -2.10. The van der Waals surface area contributed by atoms with Gasteiger partial charge in [0.2, 0.25) is 11.7 Å². The van der Waals surface area contributed by atoms with Crippen LogP contribution in [0.25, 0.3) is 10.7 Å². The van der Waals surface area contributed by atoms with Crippen LogP contribution in [0.1, 0.15) is 5.89 Å². The number of hydrogen-bond donors (Lipinski definition) is 1. The molecule has 0 aliphatic rings. The normalized spacial score (nSPS) is 12.2. The Kier molecular flexibility index (Phi) is 3.76. The van der Waals surface area contributed by atoms with Gasteiger partial charge < -0.3 is 4.52 Å². The van der Waals surface area contributed by atoms with Crippen LogP contribution in [0.3, 0.4) is 0 Å². The van der Waals surface area contributed by atoms with Gasteiger partial charge in [-0.2, -0.15) is 22.4 Å². The van der Waals surface area contributed by atoms with Crippen molar-refractivity contribution >= 4 is 21.5 Å². The van der Waals surface area contributed by atoms with Crippen LogP contribution in [0, 0.1) is 0 Å². The predicted molar refractivity (Wildman–Crippen MR) is 67.1 cm³/mol. The van der Waals surface area contributed by atoms with Gasteiger partial charge in [-0.05, 0) is 11.4 Å². The summed E-state index contributed by atoms with van der Waals surface area (Å²) in [6, 6.07) is 3.74. The molecule has 0 atom stereocenters. The van der Waals surface area contributed by atoms with Gasteiger partial charge in [0.25, 0.3) is 10.2 Å². The van der Waals surface area contributed by atoms with E-state index < -0.39 is 10.2 Å². The van der Waals surface area contributed by atoms with E-state index in [1.54, 1.807) is 0 Å². The van der Waals surface area contributed by atoms with E-state index in [4.69, 9.17) is 4.52 Å². The van der Waals surface area contributed by atoms with Gasteiger partial charge in [0, 0.05) is 14.1 Å². The zero-order valence-corrected chi connectivity index (χ0v) is 11.5. The van der Waals surface area contributed by atoms with Crippen LogP contribution in [0.15, 0.2) is 22.0 Å². The summed E-state index contributed by atoms with van der Waals surface area (Å²) in [5, 5.41) is 5.68. The Hall–Kier alpha value is -1.29. The number of nitrogens with one attached hydrogen (secondary N) is 1. The van der Waals surface area contributed by atoms with Crippen LogP contribution < -0.4 is 4.72 Å². The first-order valence-corrected chi connectivity index (χ1v) is 7.34. The van der Waals surface area contributed by atoms with E-state index in [0.717, 1.165) is 9.18 Å². The van der Waals surface area contributed by atoms with Crippen molar-refractivity contribution in [1.82, 2.24) is 19.2 Å². The molecule has 1 N–H and O–H groups in total. The molecule has 0 unspecified atom stereocenters. The standard InChI is InChI=1S/C9H12N4O3S2/c1-13(2)18(14,15)10-6-8-11-9(12-16-8)7-4-3-5-17-7/h3-5,10H,6H2,1-2H3. The molecule has 0 spiro atoms. The molecule has 0 saturated heterocycles. The second-order valence-electron chi connectivity index (χ2n) is 3.60. The molecule has 2 heterocycles. The summed E-state index contributed by atoms with van der Waals surface area (Å²) >= 11 is 1.49. The molecule has 0 bridgehead atoms. The summed E-state index contributed by atoms with van der Waals surface area (Å²) < 4.78 is 31.3. The molecule has 2 rings (SSSR count). The quantitative estimate of drug-likeness (QED) is 0.874. The molecule has 0 aliphatic carbocycles. The smallest absolute Gasteiger partial charge is 0.279 e. The Morgan fingerprint density at radius 1 is 1.50 bits per heavy atom. The maximum atomic E-state index is 11.5. The van der Waals surface area contributed by atoms with Crippen molar-refractivity contribution in [2.24, 2.45) is 0 Å². The average Bonchev–Trinajstić information content (AvgIpc) is 2.97. The van der Waals surface area contributed by atoms with Gasteiger partial charge in [-0.3, -0.25) is 0 Å². The van der Waals surface area contributed by atoms with Crippen molar-refractivity contribution in [3.63, 3.8) is 0 Å². The van der Waals surface area contributed by atoms with E-state index in [0.29, 0.717) is 5.82 Å². The van der Waals surface area contributed by atoms with Crippen LogP contribution >= 0.6 is 11.3 Å². The molecule has 0 amide bonds. The van der Waals surface area contributed by atoms with Gasteiger partial charge in [0.1, 0.15) is 0 Å². The molecule has 0 fully saturated rings. The Labute approximate surface area is 109 Å². The highest BCUT2D eigenvalue weighted by molar-refractivity contribution is 7.87. The van der Waals surface area contributed by atoms with Crippen molar-refractivity contribution in [1.29, 1.82) is 0 Å². The van der Waals surface area contributed by atoms with Crippen LogP contribution in [0.2, 0.25) is 0 Å². The molecule has 2 aromatic rings. The van der Waals surface area contributed by atoms with Crippen molar-refractivity contribution in [2.75, 3.05) is 14.1 Å². The van der Waals surface area contributed by atoms with E-state index in [9.17, 15) is 8.42 Å². The van der Waals surface area contributed by atoms with Gasteiger partial charge in [-0.15, -0.1) is 11.3 Å². The minimum absolute atomic E-state index is 0.0289. The average molecular weight is 288 g/mol. The number of nitrogens with zero attached hydrogens (tertiary/aromatic N) is 3. The first-order chi connectivity index (χ1) is 8.49. The fraction of sp³-hybridized carbons (Fsp3) is 0.333. The maximum Gasteiger partial charge on any atom is 0.279 e. The lowest BCUT2D eigenvalue weighted by atomic mass is 10.4. The van der Waals surface area contributed by atoms with Crippen molar-refractivity contribution in [3.05, 3.63) is 23.4 Å². The molecular formula is C9H12N4O3S2. The first-order valence-electron chi connectivity index (χ1n) is 5.02. The fourth-order valence-corrected chi connectivity index (χ4v) is 2.33. The summed E-state index contributed by atoms with van der Waals surface area (Å²) in [6.07, 6.45) is 0. The maximum absolute atomic E-state index is 11.5. The molecule has 0 saturated carbocycles. The minimum atomic E-state index is -3.48. The highest BCUT2D eigenvalue weighted by Gasteiger charge is 2.15. The molecular weight excluding hydrogens is 276 g/mol. The second-order valence-corrected chi connectivity index (χ2v) is 6.51. The van der Waals surface area contributed by atoms with E-state index in [1.165, 1.54) is 25.4 Å². The Morgan fingerprint density at radius 2 is 2.28 bits per heavy atom. The number of rotatable bonds is 5. The zero-order chi connectivity index (χ0) is 13.2. The third-order valence-corrected chi connectivity index (χ3v) is 4.43. The Balaban J connectivity index is 2.04. The van der Waals surface area contributed by atoms with E-state index in [2.05, 4.69) is 14.9 Å². The highest BCUT2D eigenvalue weighted by Crippen LogP contribution is 2.21. The molecule has 18 heavy (non-hydrogen) atoms. The summed E-state index contributed by atoms with van der Waals surface area (Å²) in [6.45, 7) is -0.0289. The monoisotopic (exact) mass is 288 g/mol. The third kappa shape index (κ3) is 2.93. The highest BCUT2D eigenvalue weighted by atomic mass is 32.2. The number of aromatic nitrogens is 2. The van der Waals surface area contributed by atoms with E-state index in [1.807, 2.05) is 17.5 Å². The minimum Gasteiger partial charge on any atom is -0.337 e.